The maximum atomic E-state index is 12.4. The van der Waals surface area contributed by atoms with Crippen molar-refractivity contribution in [3.05, 3.63) is 34.7 Å². The Morgan fingerprint density at radius 1 is 1.35 bits per heavy atom. The summed E-state index contributed by atoms with van der Waals surface area (Å²) in [6.45, 7) is -0.795. The molecule has 2 N–H and O–H groups in total. The first kappa shape index (κ1) is 14.9. The standard InChI is InChI=1S/C14H16F2N2OS/c1-2-5-10(17)13-18-11(8-20-13)9-6-3-4-7-12(9)19-14(15)16/h3-4,6-8,10,14H,2,5,17H2,1H3. The number of hydrogen-bond acceptors (Lipinski definition) is 4. The topological polar surface area (TPSA) is 48.1 Å². The average molecular weight is 298 g/mol. The lowest BCUT2D eigenvalue weighted by atomic mass is 10.1. The first-order valence-corrected chi connectivity index (χ1v) is 7.25. The van der Waals surface area contributed by atoms with Crippen molar-refractivity contribution in [3.8, 4) is 17.0 Å². The fourth-order valence-electron chi connectivity index (χ4n) is 1.89. The molecule has 0 spiro atoms. The summed E-state index contributed by atoms with van der Waals surface area (Å²) in [4.78, 5) is 4.44. The van der Waals surface area contributed by atoms with Gasteiger partial charge in [0.25, 0.3) is 0 Å². The van der Waals surface area contributed by atoms with Gasteiger partial charge in [0.2, 0.25) is 0 Å². The van der Waals surface area contributed by atoms with Gasteiger partial charge in [-0.25, -0.2) is 4.98 Å². The summed E-state index contributed by atoms with van der Waals surface area (Å²) in [5.41, 5.74) is 7.19. The van der Waals surface area contributed by atoms with E-state index in [9.17, 15) is 8.78 Å². The van der Waals surface area contributed by atoms with Crippen molar-refractivity contribution in [2.45, 2.75) is 32.4 Å². The van der Waals surface area contributed by atoms with Crippen LogP contribution in [0, 0.1) is 0 Å². The maximum Gasteiger partial charge on any atom is 0.387 e. The highest BCUT2D eigenvalue weighted by atomic mass is 32.1. The zero-order chi connectivity index (χ0) is 14.5. The van der Waals surface area contributed by atoms with E-state index in [1.807, 2.05) is 5.38 Å². The molecule has 0 amide bonds. The van der Waals surface area contributed by atoms with E-state index in [0.29, 0.717) is 11.3 Å². The molecule has 0 radical (unpaired) electrons. The molecule has 3 nitrogen and oxygen atoms in total. The quantitative estimate of drug-likeness (QED) is 0.869. The smallest absolute Gasteiger partial charge is 0.387 e. The lowest BCUT2D eigenvalue weighted by molar-refractivity contribution is -0.0494. The van der Waals surface area contributed by atoms with Crippen LogP contribution in [0.3, 0.4) is 0 Å². The van der Waals surface area contributed by atoms with Gasteiger partial charge in [-0.15, -0.1) is 11.3 Å². The van der Waals surface area contributed by atoms with Crippen LogP contribution in [0.15, 0.2) is 29.6 Å². The summed E-state index contributed by atoms with van der Waals surface area (Å²) in [5, 5.41) is 2.63. The fourth-order valence-corrected chi connectivity index (χ4v) is 2.75. The van der Waals surface area contributed by atoms with Gasteiger partial charge < -0.3 is 10.5 Å². The van der Waals surface area contributed by atoms with Crippen LogP contribution in [-0.4, -0.2) is 11.6 Å². The average Bonchev–Trinajstić information content (AvgIpc) is 2.88. The van der Waals surface area contributed by atoms with Crippen molar-refractivity contribution in [2.75, 3.05) is 0 Å². The van der Waals surface area contributed by atoms with Crippen LogP contribution in [-0.2, 0) is 0 Å². The van der Waals surface area contributed by atoms with E-state index in [2.05, 4.69) is 16.6 Å². The highest BCUT2D eigenvalue weighted by molar-refractivity contribution is 7.10. The molecule has 2 aromatic rings. The zero-order valence-corrected chi connectivity index (χ0v) is 11.9. The Labute approximate surface area is 120 Å². The Bertz CT molecular complexity index is 560. The number of para-hydroxylation sites is 1. The summed E-state index contributed by atoms with van der Waals surface area (Å²) in [7, 11) is 0. The Morgan fingerprint density at radius 2 is 2.10 bits per heavy atom. The number of halogens is 2. The predicted octanol–water partition coefficient (Wildman–Crippen LogP) is 4.21. The molecule has 0 bridgehead atoms. The molecule has 1 aromatic heterocycles. The van der Waals surface area contributed by atoms with Crippen LogP contribution in [0.25, 0.3) is 11.3 Å². The highest BCUT2D eigenvalue weighted by Crippen LogP contribution is 2.33. The van der Waals surface area contributed by atoms with Gasteiger partial charge in [-0.05, 0) is 18.6 Å². The highest BCUT2D eigenvalue weighted by Gasteiger charge is 2.15. The molecule has 0 saturated heterocycles. The third-order valence-electron chi connectivity index (χ3n) is 2.82. The zero-order valence-electron chi connectivity index (χ0n) is 11.1. The Kier molecular flexibility index (Phi) is 5.03. The molecule has 108 valence electrons. The number of hydrogen-bond donors (Lipinski definition) is 1. The van der Waals surface area contributed by atoms with E-state index in [-0.39, 0.29) is 11.8 Å². The van der Waals surface area contributed by atoms with E-state index in [0.717, 1.165) is 17.8 Å². The molecular formula is C14H16F2N2OS. The number of benzene rings is 1. The van der Waals surface area contributed by atoms with Gasteiger partial charge >= 0.3 is 6.61 Å². The van der Waals surface area contributed by atoms with Crippen molar-refractivity contribution in [3.63, 3.8) is 0 Å². The first-order chi connectivity index (χ1) is 9.61. The molecular weight excluding hydrogens is 282 g/mol. The van der Waals surface area contributed by atoms with Crippen LogP contribution in [0.1, 0.15) is 30.8 Å². The number of nitrogens with two attached hydrogens (primary N) is 1. The predicted molar refractivity (Wildman–Crippen MR) is 76.0 cm³/mol. The van der Waals surface area contributed by atoms with Gasteiger partial charge in [-0.1, -0.05) is 25.5 Å². The van der Waals surface area contributed by atoms with E-state index >= 15 is 0 Å². The SMILES string of the molecule is CCCC(N)c1nc(-c2ccccc2OC(F)F)cs1. The first-order valence-electron chi connectivity index (χ1n) is 6.37. The molecule has 1 aromatic carbocycles. The molecule has 2 rings (SSSR count). The molecule has 1 atom stereocenters. The van der Waals surface area contributed by atoms with Crippen molar-refractivity contribution >= 4 is 11.3 Å². The second-order valence-corrected chi connectivity index (χ2v) is 5.23. The van der Waals surface area contributed by atoms with Crippen molar-refractivity contribution < 1.29 is 13.5 Å². The largest absolute Gasteiger partial charge is 0.434 e. The minimum atomic E-state index is -2.85. The number of nitrogens with zero attached hydrogens (tertiary/aromatic N) is 1. The van der Waals surface area contributed by atoms with E-state index in [4.69, 9.17) is 5.73 Å². The second-order valence-electron chi connectivity index (χ2n) is 4.34. The minimum Gasteiger partial charge on any atom is -0.434 e. The second kappa shape index (κ2) is 6.76. The molecule has 0 aliphatic carbocycles. The summed E-state index contributed by atoms with van der Waals surface area (Å²) in [6, 6.07) is 6.52. The van der Waals surface area contributed by atoms with Gasteiger partial charge in [-0.2, -0.15) is 8.78 Å². The fraction of sp³-hybridized carbons (Fsp3) is 0.357. The molecule has 1 heterocycles. The lowest BCUT2D eigenvalue weighted by Gasteiger charge is -2.09. The molecule has 0 saturated carbocycles. The van der Waals surface area contributed by atoms with Crippen LogP contribution < -0.4 is 10.5 Å². The number of alkyl halides is 2. The normalized spacial score (nSPS) is 12.7. The molecule has 1 unspecified atom stereocenters. The maximum absolute atomic E-state index is 12.4. The summed E-state index contributed by atoms with van der Waals surface area (Å²) >= 11 is 1.44. The number of ether oxygens (including phenoxy) is 1. The summed E-state index contributed by atoms with van der Waals surface area (Å²) in [6.07, 6.45) is 1.82. The molecule has 0 fully saturated rings. The van der Waals surface area contributed by atoms with Crippen molar-refractivity contribution in [2.24, 2.45) is 5.73 Å². The number of aromatic nitrogens is 1. The van der Waals surface area contributed by atoms with Gasteiger partial charge in [0.15, 0.2) is 0 Å². The van der Waals surface area contributed by atoms with Gasteiger partial charge in [0, 0.05) is 10.9 Å². The van der Waals surface area contributed by atoms with Gasteiger partial charge in [0.05, 0.1) is 11.7 Å². The molecule has 0 aliphatic heterocycles. The van der Waals surface area contributed by atoms with Crippen LogP contribution in [0.5, 0.6) is 5.75 Å². The van der Waals surface area contributed by atoms with Crippen molar-refractivity contribution in [1.82, 2.24) is 4.98 Å². The summed E-state index contributed by atoms with van der Waals surface area (Å²) < 4.78 is 29.3. The molecule has 20 heavy (non-hydrogen) atoms. The lowest BCUT2D eigenvalue weighted by Crippen LogP contribution is -2.09. The van der Waals surface area contributed by atoms with Gasteiger partial charge in [0.1, 0.15) is 10.8 Å². The third kappa shape index (κ3) is 3.52. The Balaban J connectivity index is 2.28. The van der Waals surface area contributed by atoms with Crippen LogP contribution >= 0.6 is 11.3 Å². The number of rotatable bonds is 6. The van der Waals surface area contributed by atoms with Gasteiger partial charge in [-0.3, -0.25) is 0 Å². The van der Waals surface area contributed by atoms with Crippen LogP contribution in [0.2, 0.25) is 0 Å². The third-order valence-corrected chi connectivity index (χ3v) is 3.79. The van der Waals surface area contributed by atoms with E-state index < -0.39 is 6.61 Å². The Hall–Kier alpha value is -1.53. The number of thiazole rings is 1. The molecule has 0 aliphatic rings. The van der Waals surface area contributed by atoms with E-state index in [1.165, 1.54) is 17.4 Å². The molecule has 6 heteroatoms. The van der Waals surface area contributed by atoms with Crippen molar-refractivity contribution in [1.29, 1.82) is 0 Å². The van der Waals surface area contributed by atoms with E-state index in [1.54, 1.807) is 18.2 Å². The monoisotopic (exact) mass is 298 g/mol. The Morgan fingerprint density at radius 3 is 2.80 bits per heavy atom. The minimum absolute atomic E-state index is 0.109. The summed E-state index contributed by atoms with van der Waals surface area (Å²) in [5.74, 6) is 0.128. The van der Waals surface area contributed by atoms with Crippen LogP contribution in [0.4, 0.5) is 8.78 Å².